The highest BCUT2D eigenvalue weighted by Crippen LogP contribution is 2.40. The van der Waals surface area contributed by atoms with Crippen molar-refractivity contribution < 1.29 is 27.0 Å². The van der Waals surface area contributed by atoms with Gasteiger partial charge in [-0.2, -0.15) is 13.2 Å². The van der Waals surface area contributed by atoms with Crippen molar-refractivity contribution in [3.05, 3.63) is 77.6 Å². The van der Waals surface area contributed by atoms with Gasteiger partial charge in [-0.25, -0.2) is 9.38 Å². The lowest BCUT2D eigenvalue weighted by atomic mass is 10.1. The number of methoxy groups -OCH3 is 2. The molecule has 0 spiro atoms. The molecule has 1 fully saturated rings. The van der Waals surface area contributed by atoms with Gasteiger partial charge in [0.05, 0.1) is 32.0 Å². The number of halogens is 4. The second kappa shape index (κ2) is 9.84. The summed E-state index contributed by atoms with van der Waals surface area (Å²) in [5, 5.41) is 0. The first-order valence-electron chi connectivity index (χ1n) is 11.8. The zero-order valence-electron chi connectivity index (χ0n) is 20.4. The molecule has 0 atom stereocenters. The minimum atomic E-state index is -4.53. The molecule has 10 heteroatoms. The Bertz CT molecular complexity index is 1320. The van der Waals surface area contributed by atoms with Crippen molar-refractivity contribution in [3.8, 4) is 11.5 Å². The maximum absolute atomic E-state index is 14.7. The molecule has 1 saturated heterocycles. The fourth-order valence-electron chi connectivity index (χ4n) is 4.70. The van der Waals surface area contributed by atoms with Crippen molar-refractivity contribution in [2.75, 3.05) is 50.2 Å². The highest BCUT2D eigenvalue weighted by atomic mass is 19.4. The Hall–Kier alpha value is -3.95. The van der Waals surface area contributed by atoms with Crippen LogP contribution in [-0.4, -0.2) is 51.3 Å². The first kappa shape index (κ1) is 24.7. The van der Waals surface area contributed by atoms with E-state index in [-0.39, 0.29) is 23.7 Å². The molecule has 3 aromatic rings. The molecule has 0 aliphatic carbocycles. The van der Waals surface area contributed by atoms with Crippen molar-refractivity contribution in [2.45, 2.75) is 12.7 Å². The van der Waals surface area contributed by atoms with E-state index < -0.39 is 17.6 Å². The fourth-order valence-corrected chi connectivity index (χ4v) is 4.70. The summed E-state index contributed by atoms with van der Waals surface area (Å²) in [6, 6.07) is 15.8. The summed E-state index contributed by atoms with van der Waals surface area (Å²) < 4.78 is 66.3. The lowest BCUT2D eigenvalue weighted by molar-refractivity contribution is -0.137. The average Bonchev–Trinajstić information content (AvgIpc) is 2.92. The number of aliphatic imine (C=N–C) groups is 1. The zero-order chi connectivity index (χ0) is 26.2. The molecule has 0 radical (unpaired) electrons. The number of anilines is 2. The number of ether oxygens (including phenoxy) is 2. The number of rotatable bonds is 4. The lowest BCUT2D eigenvalue weighted by Gasteiger charge is -2.42. The first-order valence-corrected chi connectivity index (χ1v) is 11.8. The maximum Gasteiger partial charge on any atom is 0.416 e. The van der Waals surface area contributed by atoms with Crippen LogP contribution >= 0.6 is 0 Å². The predicted molar refractivity (Wildman–Crippen MR) is 134 cm³/mol. The number of fused-ring (bicyclic) bond motifs is 1. The van der Waals surface area contributed by atoms with Gasteiger partial charge in [0, 0.05) is 43.5 Å². The van der Waals surface area contributed by atoms with Gasteiger partial charge in [-0.1, -0.05) is 18.2 Å². The summed E-state index contributed by atoms with van der Waals surface area (Å²) in [6.45, 7) is 2.52. The van der Waals surface area contributed by atoms with Gasteiger partial charge >= 0.3 is 6.18 Å². The van der Waals surface area contributed by atoms with Crippen LogP contribution in [0.25, 0.3) is 0 Å². The third kappa shape index (κ3) is 4.87. The molecule has 37 heavy (non-hydrogen) atoms. The number of nitrogens with zero attached hydrogens (tertiary/aromatic N) is 4. The summed E-state index contributed by atoms with van der Waals surface area (Å²) in [7, 11) is 3.03. The van der Waals surface area contributed by atoms with Crippen LogP contribution in [0, 0.1) is 5.82 Å². The molecule has 0 unspecified atom stereocenters. The van der Waals surface area contributed by atoms with Crippen LogP contribution in [0.5, 0.6) is 11.5 Å². The Morgan fingerprint density at radius 2 is 1.57 bits per heavy atom. The van der Waals surface area contributed by atoms with Crippen molar-refractivity contribution in [1.82, 2.24) is 4.90 Å². The number of benzene rings is 3. The van der Waals surface area contributed by atoms with Gasteiger partial charge < -0.3 is 24.2 Å². The van der Waals surface area contributed by atoms with E-state index in [0.29, 0.717) is 37.7 Å². The van der Waals surface area contributed by atoms with E-state index >= 15 is 0 Å². The van der Waals surface area contributed by atoms with Crippen LogP contribution in [0.1, 0.15) is 11.1 Å². The van der Waals surface area contributed by atoms with E-state index in [1.54, 1.807) is 24.1 Å². The molecule has 2 aliphatic rings. The van der Waals surface area contributed by atoms with E-state index in [2.05, 4.69) is 9.89 Å². The minimum Gasteiger partial charge on any atom is -0.497 e. The number of hydrogen-bond acceptors (Lipinski definition) is 6. The van der Waals surface area contributed by atoms with Gasteiger partial charge in [-0.15, -0.1) is 0 Å². The molecule has 194 valence electrons. The zero-order valence-corrected chi connectivity index (χ0v) is 20.4. The third-order valence-electron chi connectivity index (χ3n) is 6.63. The number of hydrogen-bond donors (Lipinski definition) is 0. The SMILES string of the molecule is COc1cccc(N2CCN(C3=Nc4c(F)cccc4CN3c3cc(C(F)(F)F)ccc3OC)CC2)c1. The standard InChI is InChI=1S/C27H26F4N4O2/c1-36-21-7-4-6-20(16-21)33-11-13-34(14-12-33)26-32-25-18(5-3-8-22(25)28)17-35(26)23-15-19(27(29,30)31)9-10-24(23)37-2/h3-10,15-16H,11-14,17H2,1-2H3. The maximum atomic E-state index is 14.7. The Balaban J connectivity index is 1.50. The molecule has 2 aliphatic heterocycles. The first-order chi connectivity index (χ1) is 17.8. The highest BCUT2D eigenvalue weighted by molar-refractivity contribution is 6.00. The van der Waals surface area contributed by atoms with Crippen LogP contribution in [0.3, 0.4) is 0 Å². The number of para-hydroxylation sites is 1. The van der Waals surface area contributed by atoms with Gasteiger partial charge in [-0.05, 0) is 36.4 Å². The van der Waals surface area contributed by atoms with Crippen molar-refractivity contribution >= 4 is 23.0 Å². The largest absolute Gasteiger partial charge is 0.497 e. The van der Waals surface area contributed by atoms with Crippen LogP contribution in [0.4, 0.5) is 34.6 Å². The molecule has 5 rings (SSSR count). The molecule has 2 heterocycles. The lowest BCUT2D eigenvalue weighted by Crippen LogP contribution is -2.54. The molecular weight excluding hydrogens is 488 g/mol. The van der Waals surface area contributed by atoms with Gasteiger partial charge in [-0.3, -0.25) is 0 Å². The third-order valence-corrected chi connectivity index (χ3v) is 6.63. The van der Waals surface area contributed by atoms with Gasteiger partial charge in [0.25, 0.3) is 0 Å². The Morgan fingerprint density at radius 1 is 0.838 bits per heavy atom. The molecular formula is C27H26F4N4O2. The molecule has 0 bridgehead atoms. The van der Waals surface area contributed by atoms with Crippen LogP contribution in [0.15, 0.2) is 65.7 Å². The Kier molecular flexibility index (Phi) is 6.57. The molecule has 0 amide bonds. The summed E-state index contributed by atoms with van der Waals surface area (Å²) >= 11 is 0. The normalized spacial score (nSPS) is 15.8. The summed E-state index contributed by atoms with van der Waals surface area (Å²) in [5.41, 5.74) is 1.22. The molecule has 6 nitrogen and oxygen atoms in total. The number of piperazine rings is 1. The van der Waals surface area contributed by atoms with Crippen LogP contribution < -0.4 is 19.3 Å². The summed E-state index contributed by atoms with van der Waals surface area (Å²) in [4.78, 5) is 10.5. The molecule has 0 saturated carbocycles. The van der Waals surface area contributed by atoms with E-state index in [1.807, 2.05) is 29.2 Å². The van der Waals surface area contributed by atoms with E-state index in [4.69, 9.17) is 9.47 Å². The van der Waals surface area contributed by atoms with Gasteiger partial charge in [0.2, 0.25) is 5.96 Å². The van der Waals surface area contributed by atoms with Gasteiger partial charge in [0.15, 0.2) is 0 Å². The average molecular weight is 515 g/mol. The Labute approximate surface area is 212 Å². The quantitative estimate of drug-likeness (QED) is 0.419. The van der Waals surface area contributed by atoms with E-state index in [1.165, 1.54) is 19.2 Å². The molecule has 0 N–H and O–H groups in total. The summed E-state index contributed by atoms with van der Waals surface area (Å²) in [5.74, 6) is 0.947. The summed E-state index contributed by atoms with van der Waals surface area (Å²) in [6.07, 6.45) is -4.53. The number of guanidine groups is 1. The highest BCUT2D eigenvalue weighted by Gasteiger charge is 2.35. The van der Waals surface area contributed by atoms with Crippen molar-refractivity contribution in [1.29, 1.82) is 0 Å². The predicted octanol–water partition coefficient (Wildman–Crippen LogP) is 5.69. The van der Waals surface area contributed by atoms with E-state index in [9.17, 15) is 17.6 Å². The minimum absolute atomic E-state index is 0.152. The number of alkyl halides is 3. The van der Waals surface area contributed by atoms with E-state index in [0.717, 1.165) is 23.6 Å². The van der Waals surface area contributed by atoms with Gasteiger partial charge in [0.1, 0.15) is 23.0 Å². The fraction of sp³-hybridized carbons (Fsp3) is 0.296. The second-order valence-electron chi connectivity index (χ2n) is 8.81. The smallest absolute Gasteiger partial charge is 0.416 e. The van der Waals surface area contributed by atoms with Crippen molar-refractivity contribution in [3.63, 3.8) is 0 Å². The second-order valence-corrected chi connectivity index (χ2v) is 8.81. The van der Waals surface area contributed by atoms with Crippen molar-refractivity contribution in [2.24, 2.45) is 4.99 Å². The monoisotopic (exact) mass is 514 g/mol. The topological polar surface area (TPSA) is 40.5 Å². The Morgan fingerprint density at radius 3 is 2.27 bits per heavy atom. The molecule has 3 aromatic carbocycles. The van der Waals surface area contributed by atoms with Crippen LogP contribution in [0.2, 0.25) is 0 Å². The molecule has 0 aromatic heterocycles. The van der Waals surface area contributed by atoms with Crippen LogP contribution in [-0.2, 0) is 12.7 Å².